The van der Waals surface area contributed by atoms with Crippen molar-refractivity contribution in [3.05, 3.63) is 77.4 Å². The summed E-state index contributed by atoms with van der Waals surface area (Å²) in [7, 11) is 0. The van der Waals surface area contributed by atoms with E-state index in [1.807, 2.05) is 0 Å². The molecule has 4 aromatic heterocycles. The first-order chi connectivity index (χ1) is 17.6. The number of hydrogen-bond donors (Lipinski definition) is 0. The third-order valence-electron chi connectivity index (χ3n) is 5.66. The average molecular weight is 528 g/mol. The van der Waals surface area contributed by atoms with Crippen LogP contribution < -0.4 is 0 Å². The summed E-state index contributed by atoms with van der Waals surface area (Å²) in [6, 6.07) is 7.91. The Hall–Kier alpha value is -4.04. The molecule has 0 spiro atoms. The van der Waals surface area contributed by atoms with Crippen LogP contribution in [0.5, 0.6) is 0 Å². The number of hydrogen-bond acceptors (Lipinski definition) is 8. The van der Waals surface area contributed by atoms with Gasteiger partial charge in [-0.05, 0) is 48.7 Å². The molecule has 0 aliphatic rings. The molecule has 190 valence electrons. The maximum atomic E-state index is 13.0. The first kappa shape index (κ1) is 24.6. The lowest BCUT2D eigenvalue weighted by Crippen LogP contribution is -2.08. The van der Waals surface area contributed by atoms with E-state index in [-0.39, 0.29) is 11.6 Å². The van der Waals surface area contributed by atoms with Gasteiger partial charge in [-0.25, -0.2) is 29.3 Å². The molecule has 14 heteroatoms. The predicted molar refractivity (Wildman–Crippen MR) is 126 cm³/mol. The second kappa shape index (κ2) is 9.44. The quantitative estimate of drug-likeness (QED) is 0.307. The van der Waals surface area contributed by atoms with E-state index in [4.69, 9.17) is 0 Å². The van der Waals surface area contributed by atoms with Crippen molar-refractivity contribution >= 4 is 22.1 Å². The van der Waals surface area contributed by atoms with Gasteiger partial charge in [0.2, 0.25) is 0 Å². The minimum Gasteiger partial charge on any atom is -0.772 e. The number of aromatic nitrogens is 8. The lowest BCUT2D eigenvalue weighted by molar-refractivity contribution is -0.141. The van der Waals surface area contributed by atoms with E-state index in [0.717, 1.165) is 11.6 Å². The summed E-state index contributed by atoms with van der Waals surface area (Å²) in [6.07, 6.45) is -0.0220. The van der Waals surface area contributed by atoms with Crippen LogP contribution in [-0.4, -0.2) is 48.3 Å². The van der Waals surface area contributed by atoms with E-state index in [0.29, 0.717) is 45.9 Å². The van der Waals surface area contributed by atoms with Gasteiger partial charge >= 0.3 is 6.18 Å². The van der Waals surface area contributed by atoms with Crippen LogP contribution >= 0.6 is 0 Å². The first-order valence-corrected chi connectivity index (χ1v) is 12.1. The molecule has 0 saturated carbocycles. The van der Waals surface area contributed by atoms with Crippen LogP contribution in [-0.2, 0) is 29.6 Å². The molecule has 1 aromatic carbocycles. The number of halogens is 3. The molecule has 0 aliphatic heterocycles. The van der Waals surface area contributed by atoms with Crippen molar-refractivity contribution < 1.29 is 21.9 Å². The summed E-state index contributed by atoms with van der Waals surface area (Å²) < 4.78 is 64.5. The topological polar surface area (TPSA) is 127 Å². The molecular weight excluding hydrogens is 509 g/mol. The minimum absolute atomic E-state index is 0.276. The molecule has 0 bridgehead atoms. The van der Waals surface area contributed by atoms with E-state index in [2.05, 4.69) is 30.1 Å². The molecule has 1 atom stereocenters. The van der Waals surface area contributed by atoms with Gasteiger partial charge in [-0.3, -0.25) is 4.21 Å². The summed E-state index contributed by atoms with van der Waals surface area (Å²) in [5.74, 6) is -0.0240. The molecule has 0 aliphatic carbocycles. The zero-order valence-electron chi connectivity index (χ0n) is 19.5. The van der Waals surface area contributed by atoms with Crippen LogP contribution in [0.2, 0.25) is 0 Å². The second-order valence-corrected chi connectivity index (χ2v) is 9.15. The fourth-order valence-corrected chi connectivity index (χ4v) is 4.37. The van der Waals surface area contributed by atoms with Crippen molar-refractivity contribution in [2.45, 2.75) is 32.3 Å². The van der Waals surface area contributed by atoms with Gasteiger partial charge in [-0.15, -0.1) is 0 Å². The maximum Gasteiger partial charge on any atom is 0.435 e. The Kier molecular flexibility index (Phi) is 6.29. The predicted octanol–water partition coefficient (Wildman–Crippen LogP) is 3.53. The van der Waals surface area contributed by atoms with Crippen molar-refractivity contribution in [1.29, 1.82) is 0 Å². The smallest absolute Gasteiger partial charge is 0.435 e. The van der Waals surface area contributed by atoms with E-state index in [1.165, 1.54) is 11.0 Å². The Bertz CT molecular complexity index is 1630. The van der Waals surface area contributed by atoms with E-state index < -0.39 is 23.0 Å². The van der Waals surface area contributed by atoms with Crippen molar-refractivity contribution in [2.75, 3.05) is 0 Å². The lowest BCUT2D eigenvalue weighted by atomic mass is 10.1. The van der Waals surface area contributed by atoms with Gasteiger partial charge in [0.05, 0.1) is 46.5 Å². The highest BCUT2D eigenvalue weighted by Gasteiger charge is 2.34. The SMILES string of the molecule is Cc1ncnc(CS(=O)[O-])c1-c1ncc2cnn(Cc3ccc(-n4nc(C(F)(F)F)cc4C)cc3)c2n1. The first-order valence-electron chi connectivity index (χ1n) is 10.9. The molecule has 0 amide bonds. The maximum absolute atomic E-state index is 13.0. The fraction of sp³-hybridized carbons (Fsp3) is 0.217. The molecule has 0 saturated heterocycles. The highest BCUT2D eigenvalue weighted by Crippen LogP contribution is 2.29. The number of rotatable bonds is 6. The lowest BCUT2D eigenvalue weighted by Gasteiger charge is -2.11. The van der Waals surface area contributed by atoms with Crippen LogP contribution in [0.25, 0.3) is 28.1 Å². The third kappa shape index (κ3) is 4.97. The summed E-state index contributed by atoms with van der Waals surface area (Å²) in [5.41, 5.74) is 2.54. The molecule has 0 N–H and O–H groups in total. The van der Waals surface area contributed by atoms with Gasteiger partial charge in [0.1, 0.15) is 6.33 Å². The van der Waals surface area contributed by atoms with E-state index in [1.54, 1.807) is 55.2 Å². The van der Waals surface area contributed by atoms with Gasteiger partial charge in [-0.1, -0.05) is 12.1 Å². The third-order valence-corrected chi connectivity index (χ3v) is 6.17. The highest BCUT2D eigenvalue weighted by molar-refractivity contribution is 7.78. The molecule has 10 nitrogen and oxygen atoms in total. The van der Waals surface area contributed by atoms with Crippen molar-refractivity contribution in [3.63, 3.8) is 0 Å². The van der Waals surface area contributed by atoms with Crippen molar-refractivity contribution in [2.24, 2.45) is 0 Å². The van der Waals surface area contributed by atoms with Gasteiger partial charge in [0.15, 0.2) is 17.2 Å². The standard InChI is InChI=1S/C23H19F3N8O2S/c1-13-7-19(23(24,25)26)32-34(13)17-5-3-15(4-6-17)10-33-22-16(9-30-33)8-27-21(31-22)20-14(2)28-12-29-18(20)11-37(35)36/h3-9,12H,10-11H2,1-2H3,(H,35,36)/p-1. The summed E-state index contributed by atoms with van der Waals surface area (Å²) in [5, 5.41) is 8.74. The Morgan fingerprint density at radius 2 is 1.81 bits per heavy atom. The van der Waals surface area contributed by atoms with Crippen molar-refractivity contribution in [3.8, 4) is 17.1 Å². The van der Waals surface area contributed by atoms with Crippen LogP contribution in [0.1, 0.15) is 28.3 Å². The molecule has 0 fully saturated rings. The molecular formula is C23H18F3N8O2S-. The average Bonchev–Trinajstić information content (AvgIpc) is 3.42. The van der Waals surface area contributed by atoms with Crippen LogP contribution in [0.3, 0.4) is 0 Å². The molecule has 5 aromatic rings. The molecule has 5 rings (SSSR count). The number of nitrogens with zero attached hydrogens (tertiary/aromatic N) is 8. The molecule has 1 unspecified atom stereocenters. The van der Waals surface area contributed by atoms with Gasteiger partial charge in [-0.2, -0.15) is 23.4 Å². The monoisotopic (exact) mass is 527 g/mol. The zero-order chi connectivity index (χ0) is 26.3. The summed E-state index contributed by atoms with van der Waals surface area (Å²) >= 11 is -2.36. The second-order valence-electron chi connectivity index (χ2n) is 8.25. The zero-order valence-corrected chi connectivity index (χ0v) is 20.3. The van der Waals surface area contributed by atoms with Gasteiger partial charge < -0.3 is 4.55 Å². The van der Waals surface area contributed by atoms with Gasteiger partial charge in [0, 0.05) is 11.9 Å². The van der Waals surface area contributed by atoms with Crippen molar-refractivity contribution in [1.82, 2.24) is 39.5 Å². The number of aryl methyl sites for hydroxylation is 2. The molecule has 4 heterocycles. The number of fused-ring (bicyclic) bond motifs is 1. The Morgan fingerprint density at radius 3 is 2.49 bits per heavy atom. The largest absolute Gasteiger partial charge is 0.772 e. The van der Waals surface area contributed by atoms with E-state index >= 15 is 0 Å². The van der Waals surface area contributed by atoms with Crippen LogP contribution in [0, 0.1) is 13.8 Å². The number of benzene rings is 1. The van der Waals surface area contributed by atoms with Crippen LogP contribution in [0.4, 0.5) is 13.2 Å². The summed E-state index contributed by atoms with van der Waals surface area (Å²) in [6.45, 7) is 3.61. The number of alkyl halides is 3. The normalized spacial score (nSPS) is 12.8. The fourth-order valence-electron chi connectivity index (χ4n) is 3.93. The van der Waals surface area contributed by atoms with Gasteiger partial charge in [0.25, 0.3) is 0 Å². The minimum atomic E-state index is -4.52. The highest BCUT2D eigenvalue weighted by atomic mass is 32.2. The van der Waals surface area contributed by atoms with E-state index in [9.17, 15) is 21.9 Å². The molecule has 37 heavy (non-hydrogen) atoms. The Labute approximate surface area is 210 Å². The Balaban J connectivity index is 1.45. The Morgan fingerprint density at radius 1 is 1.05 bits per heavy atom. The van der Waals surface area contributed by atoms with Crippen LogP contribution in [0.15, 0.2) is 49.1 Å². The summed E-state index contributed by atoms with van der Waals surface area (Å²) in [4.78, 5) is 17.2. The molecule has 0 radical (unpaired) electrons.